The number of methoxy groups -OCH3 is 2. The van der Waals surface area contributed by atoms with Crippen molar-refractivity contribution in [2.75, 3.05) is 20.8 Å². The summed E-state index contributed by atoms with van der Waals surface area (Å²) in [5.41, 5.74) is 1.13. The number of aromatic nitrogens is 1. The molecule has 0 amide bonds. The normalized spacial score (nSPS) is 10.3. The van der Waals surface area contributed by atoms with Crippen LogP contribution in [-0.4, -0.2) is 31.8 Å². The zero-order valence-corrected chi connectivity index (χ0v) is 12.4. The molecule has 0 aliphatic rings. The SMILES string of the molecule is CCOC(=O)c1oc(-c2cc(OC)cc(OC)c2)nc1C. The molecule has 1 aromatic heterocycles. The molecular formula is C15H17NO5. The van der Waals surface area contributed by atoms with Crippen molar-refractivity contribution in [2.24, 2.45) is 0 Å². The third kappa shape index (κ3) is 3.16. The highest BCUT2D eigenvalue weighted by Crippen LogP contribution is 2.30. The van der Waals surface area contributed by atoms with Gasteiger partial charge in [-0.25, -0.2) is 9.78 Å². The van der Waals surface area contributed by atoms with E-state index in [-0.39, 0.29) is 12.4 Å². The monoisotopic (exact) mass is 291 g/mol. The molecule has 0 saturated heterocycles. The molecule has 6 heteroatoms. The number of hydrogen-bond acceptors (Lipinski definition) is 6. The Balaban J connectivity index is 2.43. The third-order valence-electron chi connectivity index (χ3n) is 2.86. The first-order valence-corrected chi connectivity index (χ1v) is 6.47. The summed E-state index contributed by atoms with van der Waals surface area (Å²) in [6.45, 7) is 3.70. The van der Waals surface area contributed by atoms with Gasteiger partial charge in [0.1, 0.15) is 11.5 Å². The van der Waals surface area contributed by atoms with E-state index >= 15 is 0 Å². The summed E-state index contributed by atoms with van der Waals surface area (Å²) in [5, 5.41) is 0. The smallest absolute Gasteiger partial charge is 0.376 e. The average molecular weight is 291 g/mol. The lowest BCUT2D eigenvalue weighted by Crippen LogP contribution is -2.04. The Morgan fingerprint density at radius 3 is 2.33 bits per heavy atom. The zero-order chi connectivity index (χ0) is 15.4. The third-order valence-corrected chi connectivity index (χ3v) is 2.86. The molecule has 2 aromatic rings. The zero-order valence-electron chi connectivity index (χ0n) is 12.4. The van der Waals surface area contributed by atoms with E-state index in [4.69, 9.17) is 18.6 Å². The largest absolute Gasteiger partial charge is 0.497 e. The maximum absolute atomic E-state index is 11.8. The standard InChI is InChI=1S/C15H17NO5/c1-5-20-15(17)13-9(2)16-14(21-13)10-6-11(18-3)8-12(7-10)19-4/h6-8H,5H2,1-4H3. The van der Waals surface area contributed by atoms with E-state index in [2.05, 4.69) is 4.98 Å². The Kier molecular flexibility index (Phi) is 4.47. The van der Waals surface area contributed by atoms with Gasteiger partial charge >= 0.3 is 5.97 Å². The Hall–Kier alpha value is -2.50. The quantitative estimate of drug-likeness (QED) is 0.789. The second-order valence-corrected chi connectivity index (χ2v) is 4.26. The number of aryl methyl sites for hydroxylation is 1. The summed E-state index contributed by atoms with van der Waals surface area (Å²) in [6.07, 6.45) is 0. The van der Waals surface area contributed by atoms with Gasteiger partial charge in [-0.3, -0.25) is 0 Å². The molecule has 6 nitrogen and oxygen atoms in total. The van der Waals surface area contributed by atoms with Crippen molar-refractivity contribution >= 4 is 5.97 Å². The second kappa shape index (κ2) is 6.30. The van der Waals surface area contributed by atoms with Gasteiger partial charge in [0, 0.05) is 11.6 Å². The van der Waals surface area contributed by atoms with E-state index < -0.39 is 5.97 Å². The van der Waals surface area contributed by atoms with Crippen molar-refractivity contribution in [2.45, 2.75) is 13.8 Å². The number of carbonyl (C=O) groups excluding carboxylic acids is 1. The van der Waals surface area contributed by atoms with Crippen LogP contribution in [0, 0.1) is 6.92 Å². The predicted octanol–water partition coefficient (Wildman–Crippen LogP) is 2.84. The topological polar surface area (TPSA) is 70.8 Å². The van der Waals surface area contributed by atoms with Crippen LogP contribution in [0.5, 0.6) is 11.5 Å². The van der Waals surface area contributed by atoms with Crippen LogP contribution in [0.2, 0.25) is 0 Å². The maximum Gasteiger partial charge on any atom is 0.376 e. The van der Waals surface area contributed by atoms with Crippen molar-refractivity contribution in [3.8, 4) is 23.0 Å². The lowest BCUT2D eigenvalue weighted by molar-refractivity contribution is 0.0490. The van der Waals surface area contributed by atoms with Gasteiger partial charge in [0.05, 0.1) is 26.5 Å². The minimum absolute atomic E-state index is 0.105. The summed E-state index contributed by atoms with van der Waals surface area (Å²) in [6, 6.07) is 5.25. The van der Waals surface area contributed by atoms with E-state index in [0.717, 1.165) is 0 Å². The number of nitrogens with zero attached hydrogens (tertiary/aromatic N) is 1. The molecule has 0 spiro atoms. The summed E-state index contributed by atoms with van der Waals surface area (Å²) in [4.78, 5) is 16.0. The van der Waals surface area contributed by atoms with E-state index in [9.17, 15) is 4.79 Å². The van der Waals surface area contributed by atoms with Crippen molar-refractivity contribution in [1.29, 1.82) is 0 Å². The first-order valence-electron chi connectivity index (χ1n) is 6.47. The second-order valence-electron chi connectivity index (χ2n) is 4.26. The fourth-order valence-electron chi connectivity index (χ4n) is 1.84. The molecule has 0 unspecified atom stereocenters. The fourth-order valence-corrected chi connectivity index (χ4v) is 1.84. The molecule has 0 bridgehead atoms. The van der Waals surface area contributed by atoms with Gasteiger partial charge in [0.2, 0.25) is 11.7 Å². The van der Waals surface area contributed by atoms with Gasteiger partial charge in [0.25, 0.3) is 0 Å². The van der Waals surface area contributed by atoms with Gasteiger partial charge in [-0.2, -0.15) is 0 Å². The van der Waals surface area contributed by atoms with Crippen molar-refractivity contribution in [1.82, 2.24) is 4.98 Å². The Labute approximate surface area is 122 Å². The fraction of sp³-hybridized carbons (Fsp3) is 0.333. The number of carbonyl (C=O) groups is 1. The molecule has 2 rings (SSSR count). The molecule has 1 aromatic carbocycles. The van der Waals surface area contributed by atoms with Gasteiger partial charge in [-0.1, -0.05) is 0 Å². The van der Waals surface area contributed by atoms with E-state index in [1.165, 1.54) is 0 Å². The molecule has 0 aliphatic carbocycles. The lowest BCUT2D eigenvalue weighted by atomic mass is 10.2. The minimum Gasteiger partial charge on any atom is -0.497 e. The average Bonchev–Trinajstić information content (AvgIpc) is 2.89. The van der Waals surface area contributed by atoms with Gasteiger partial charge in [-0.15, -0.1) is 0 Å². The van der Waals surface area contributed by atoms with Crippen LogP contribution in [0.3, 0.4) is 0 Å². The molecule has 112 valence electrons. The molecule has 0 radical (unpaired) electrons. The molecular weight excluding hydrogens is 274 g/mol. The molecule has 0 atom stereocenters. The summed E-state index contributed by atoms with van der Waals surface area (Å²) in [7, 11) is 3.12. The minimum atomic E-state index is -0.524. The molecule has 0 saturated carbocycles. The van der Waals surface area contributed by atoms with Crippen LogP contribution in [0.4, 0.5) is 0 Å². The Morgan fingerprint density at radius 1 is 1.19 bits per heavy atom. The van der Waals surface area contributed by atoms with Crippen molar-refractivity contribution in [3.63, 3.8) is 0 Å². The number of oxazole rings is 1. The van der Waals surface area contributed by atoms with Gasteiger partial charge in [0.15, 0.2) is 0 Å². The lowest BCUT2D eigenvalue weighted by Gasteiger charge is -2.06. The summed E-state index contributed by atoms with van der Waals surface area (Å²) in [5.74, 6) is 1.11. The number of ether oxygens (including phenoxy) is 3. The Morgan fingerprint density at radius 2 is 1.81 bits per heavy atom. The molecule has 21 heavy (non-hydrogen) atoms. The molecule has 1 heterocycles. The van der Waals surface area contributed by atoms with E-state index in [1.807, 2.05) is 0 Å². The highest BCUT2D eigenvalue weighted by molar-refractivity contribution is 5.88. The van der Waals surface area contributed by atoms with Gasteiger partial charge in [-0.05, 0) is 26.0 Å². The number of rotatable bonds is 5. The van der Waals surface area contributed by atoms with Crippen LogP contribution in [0.25, 0.3) is 11.5 Å². The van der Waals surface area contributed by atoms with Crippen LogP contribution < -0.4 is 9.47 Å². The molecule has 0 fully saturated rings. The van der Waals surface area contributed by atoms with E-state index in [0.29, 0.717) is 28.6 Å². The van der Waals surface area contributed by atoms with Crippen LogP contribution in [-0.2, 0) is 4.74 Å². The first-order chi connectivity index (χ1) is 10.1. The first kappa shape index (κ1) is 14.9. The predicted molar refractivity (Wildman–Crippen MR) is 75.7 cm³/mol. The van der Waals surface area contributed by atoms with Crippen LogP contribution >= 0.6 is 0 Å². The van der Waals surface area contributed by atoms with Crippen molar-refractivity contribution in [3.05, 3.63) is 29.7 Å². The Bertz CT molecular complexity index is 625. The summed E-state index contributed by atoms with van der Waals surface area (Å²) < 4.78 is 20.8. The van der Waals surface area contributed by atoms with Crippen LogP contribution in [0.1, 0.15) is 23.2 Å². The van der Waals surface area contributed by atoms with Crippen molar-refractivity contribution < 1.29 is 23.4 Å². The maximum atomic E-state index is 11.8. The number of esters is 1. The van der Waals surface area contributed by atoms with Crippen LogP contribution in [0.15, 0.2) is 22.6 Å². The van der Waals surface area contributed by atoms with E-state index in [1.54, 1.807) is 46.3 Å². The molecule has 0 aliphatic heterocycles. The highest BCUT2D eigenvalue weighted by atomic mass is 16.5. The molecule has 0 N–H and O–H groups in total. The highest BCUT2D eigenvalue weighted by Gasteiger charge is 2.20. The number of benzene rings is 1. The van der Waals surface area contributed by atoms with Gasteiger partial charge < -0.3 is 18.6 Å². The summed E-state index contributed by atoms with van der Waals surface area (Å²) >= 11 is 0. The number of hydrogen-bond donors (Lipinski definition) is 0.